The highest BCUT2D eigenvalue weighted by molar-refractivity contribution is 6.04. The zero-order valence-corrected chi connectivity index (χ0v) is 14.2. The van der Waals surface area contributed by atoms with Gasteiger partial charge < -0.3 is 14.4 Å². The third-order valence-corrected chi connectivity index (χ3v) is 4.11. The predicted molar refractivity (Wildman–Crippen MR) is 99.7 cm³/mol. The molecule has 2 aromatic heterocycles. The van der Waals surface area contributed by atoms with Crippen molar-refractivity contribution in [1.29, 1.82) is 0 Å². The summed E-state index contributed by atoms with van der Waals surface area (Å²) in [7, 11) is 3.49. The van der Waals surface area contributed by atoms with Crippen LogP contribution >= 0.6 is 0 Å². The Bertz CT molecular complexity index is 1140. The Hall–Kier alpha value is -3.68. The molecule has 0 aliphatic heterocycles. The van der Waals surface area contributed by atoms with Crippen LogP contribution in [0.5, 0.6) is 11.5 Å². The van der Waals surface area contributed by atoms with Crippen LogP contribution in [0.4, 0.5) is 5.95 Å². The molecule has 0 aliphatic rings. The Morgan fingerprint density at radius 2 is 2.04 bits per heavy atom. The van der Waals surface area contributed by atoms with Gasteiger partial charge in [0.2, 0.25) is 0 Å². The maximum absolute atomic E-state index is 9.86. The second-order valence-electron chi connectivity index (χ2n) is 5.68. The molecule has 0 unspecified atom stereocenters. The van der Waals surface area contributed by atoms with E-state index in [2.05, 4.69) is 25.7 Å². The standard InChI is InChI=1S/C18H16N6O2/c1-24-14-6-4-3-5-13(14)16-17(24)20-18(23-21-16)22-19-10-11-9-12(26-2)7-8-15(11)25/h3-10,25H,1-2H3,(H,20,22,23)/b19-10+. The van der Waals surface area contributed by atoms with Gasteiger partial charge in [-0.2, -0.15) is 10.1 Å². The summed E-state index contributed by atoms with van der Waals surface area (Å²) in [6.07, 6.45) is 1.47. The normalized spacial score (nSPS) is 11.5. The van der Waals surface area contributed by atoms with Crippen molar-refractivity contribution < 1.29 is 9.84 Å². The number of hydrazone groups is 1. The monoisotopic (exact) mass is 348 g/mol. The fourth-order valence-electron chi connectivity index (χ4n) is 2.78. The number of para-hydroxylation sites is 1. The van der Waals surface area contributed by atoms with E-state index in [0.29, 0.717) is 17.0 Å². The van der Waals surface area contributed by atoms with Crippen LogP contribution in [0.2, 0.25) is 0 Å². The van der Waals surface area contributed by atoms with Crippen LogP contribution in [0.15, 0.2) is 47.6 Å². The first-order valence-corrected chi connectivity index (χ1v) is 7.91. The summed E-state index contributed by atoms with van der Waals surface area (Å²) < 4.78 is 7.09. The number of fused-ring (bicyclic) bond motifs is 3. The third kappa shape index (κ3) is 2.67. The molecule has 0 atom stereocenters. The molecule has 8 nitrogen and oxygen atoms in total. The van der Waals surface area contributed by atoms with Crippen LogP contribution < -0.4 is 10.2 Å². The Morgan fingerprint density at radius 3 is 2.88 bits per heavy atom. The molecule has 26 heavy (non-hydrogen) atoms. The van der Waals surface area contributed by atoms with Crippen LogP contribution in [0.1, 0.15) is 5.56 Å². The van der Waals surface area contributed by atoms with Crippen LogP contribution in [0.3, 0.4) is 0 Å². The molecule has 4 aromatic rings. The summed E-state index contributed by atoms with van der Waals surface area (Å²) in [6, 6.07) is 12.8. The number of ether oxygens (including phenoxy) is 1. The average Bonchev–Trinajstić information content (AvgIpc) is 2.96. The van der Waals surface area contributed by atoms with Crippen LogP contribution in [0, 0.1) is 0 Å². The number of nitrogens with one attached hydrogen (secondary N) is 1. The molecule has 0 amide bonds. The highest BCUT2D eigenvalue weighted by Crippen LogP contribution is 2.25. The smallest absolute Gasteiger partial charge is 0.265 e. The van der Waals surface area contributed by atoms with Gasteiger partial charge in [-0.3, -0.25) is 0 Å². The molecule has 0 bridgehead atoms. The van der Waals surface area contributed by atoms with Gasteiger partial charge in [0, 0.05) is 18.0 Å². The van der Waals surface area contributed by atoms with Crippen molar-refractivity contribution >= 4 is 34.2 Å². The number of benzene rings is 2. The molecular formula is C18H16N6O2. The molecule has 0 aliphatic carbocycles. The highest BCUT2D eigenvalue weighted by Gasteiger charge is 2.11. The first kappa shape index (κ1) is 15.8. The van der Waals surface area contributed by atoms with Gasteiger partial charge >= 0.3 is 0 Å². The maximum atomic E-state index is 9.86. The van der Waals surface area contributed by atoms with Crippen molar-refractivity contribution in [1.82, 2.24) is 19.7 Å². The summed E-state index contributed by atoms with van der Waals surface area (Å²) in [5, 5.41) is 23.3. The molecule has 2 aromatic carbocycles. The number of anilines is 1. The van der Waals surface area contributed by atoms with Gasteiger partial charge in [0.05, 0.1) is 18.8 Å². The van der Waals surface area contributed by atoms with E-state index in [1.54, 1.807) is 25.3 Å². The van der Waals surface area contributed by atoms with Gasteiger partial charge in [-0.15, -0.1) is 10.2 Å². The minimum absolute atomic E-state index is 0.0968. The molecule has 0 fully saturated rings. The Morgan fingerprint density at radius 1 is 1.19 bits per heavy atom. The molecule has 2 heterocycles. The second-order valence-corrected chi connectivity index (χ2v) is 5.68. The number of aromatic hydroxyl groups is 1. The van der Waals surface area contributed by atoms with Crippen LogP contribution in [-0.2, 0) is 7.05 Å². The number of phenols is 1. The molecular weight excluding hydrogens is 332 g/mol. The lowest BCUT2D eigenvalue weighted by Gasteiger charge is -2.03. The van der Waals surface area contributed by atoms with E-state index >= 15 is 0 Å². The molecule has 0 saturated carbocycles. The Kier molecular flexibility index (Phi) is 3.85. The lowest BCUT2D eigenvalue weighted by molar-refractivity contribution is 0.412. The minimum Gasteiger partial charge on any atom is -0.507 e. The lowest BCUT2D eigenvalue weighted by atomic mass is 10.2. The largest absolute Gasteiger partial charge is 0.507 e. The van der Waals surface area contributed by atoms with Gasteiger partial charge in [-0.25, -0.2) is 5.43 Å². The van der Waals surface area contributed by atoms with Crippen molar-refractivity contribution in [2.45, 2.75) is 0 Å². The topological polar surface area (TPSA) is 97.5 Å². The van der Waals surface area contributed by atoms with E-state index < -0.39 is 0 Å². The number of hydrogen-bond acceptors (Lipinski definition) is 7. The van der Waals surface area contributed by atoms with Gasteiger partial charge in [-0.05, 0) is 24.3 Å². The first-order chi connectivity index (χ1) is 12.7. The summed E-state index contributed by atoms with van der Waals surface area (Å²) in [5.41, 5.74) is 5.73. The highest BCUT2D eigenvalue weighted by atomic mass is 16.5. The van der Waals surface area contributed by atoms with E-state index in [0.717, 1.165) is 16.4 Å². The van der Waals surface area contributed by atoms with Crippen molar-refractivity contribution in [3.05, 3.63) is 48.0 Å². The van der Waals surface area contributed by atoms with Gasteiger partial charge in [0.25, 0.3) is 5.95 Å². The van der Waals surface area contributed by atoms with Crippen LogP contribution in [-0.4, -0.2) is 38.2 Å². The van der Waals surface area contributed by atoms with E-state index in [1.165, 1.54) is 6.21 Å². The van der Waals surface area contributed by atoms with Crippen molar-refractivity contribution in [2.75, 3.05) is 12.5 Å². The number of aromatic nitrogens is 4. The number of aryl methyl sites for hydroxylation is 1. The van der Waals surface area contributed by atoms with Gasteiger partial charge in [0.1, 0.15) is 17.0 Å². The maximum Gasteiger partial charge on any atom is 0.265 e. The third-order valence-electron chi connectivity index (χ3n) is 4.11. The summed E-state index contributed by atoms with van der Waals surface area (Å²) in [6.45, 7) is 0. The van der Waals surface area contributed by atoms with Crippen molar-refractivity contribution in [3.8, 4) is 11.5 Å². The van der Waals surface area contributed by atoms with E-state index in [1.807, 2.05) is 35.9 Å². The number of rotatable bonds is 4. The number of methoxy groups -OCH3 is 1. The fourth-order valence-corrected chi connectivity index (χ4v) is 2.78. The predicted octanol–water partition coefficient (Wildman–Crippen LogP) is 2.68. The second kappa shape index (κ2) is 6.32. The van der Waals surface area contributed by atoms with E-state index in [9.17, 15) is 5.11 Å². The zero-order chi connectivity index (χ0) is 18.1. The summed E-state index contributed by atoms with van der Waals surface area (Å²) in [5.74, 6) is 0.987. The zero-order valence-electron chi connectivity index (χ0n) is 14.2. The van der Waals surface area contributed by atoms with Gasteiger partial charge in [-0.1, -0.05) is 18.2 Å². The molecule has 8 heteroatoms. The minimum atomic E-state index is 0.0968. The van der Waals surface area contributed by atoms with Gasteiger partial charge in [0.15, 0.2) is 5.65 Å². The van der Waals surface area contributed by atoms with Crippen LogP contribution in [0.25, 0.3) is 22.1 Å². The molecule has 4 rings (SSSR count). The van der Waals surface area contributed by atoms with E-state index in [4.69, 9.17) is 4.74 Å². The lowest BCUT2D eigenvalue weighted by Crippen LogP contribution is -2.01. The SMILES string of the molecule is COc1ccc(O)c(/C=N/Nc2nnc3c4ccccc4n(C)c3n2)c1. The Balaban J connectivity index is 1.64. The fraction of sp³-hybridized carbons (Fsp3) is 0.111. The Labute approximate surface area is 148 Å². The van der Waals surface area contributed by atoms with E-state index in [-0.39, 0.29) is 11.7 Å². The molecule has 2 N–H and O–H groups in total. The number of hydrogen-bond donors (Lipinski definition) is 2. The molecule has 0 saturated heterocycles. The van der Waals surface area contributed by atoms with Crippen molar-refractivity contribution in [3.63, 3.8) is 0 Å². The van der Waals surface area contributed by atoms with Crippen molar-refractivity contribution in [2.24, 2.45) is 12.1 Å². The molecule has 0 spiro atoms. The molecule has 130 valence electrons. The summed E-state index contributed by atoms with van der Waals surface area (Å²) >= 11 is 0. The first-order valence-electron chi connectivity index (χ1n) is 7.91. The average molecular weight is 348 g/mol. The number of nitrogens with zero attached hydrogens (tertiary/aromatic N) is 5. The summed E-state index contributed by atoms with van der Waals surface area (Å²) in [4.78, 5) is 4.48. The molecule has 0 radical (unpaired) electrons. The number of phenolic OH excluding ortho intramolecular Hbond substituents is 1. The quantitative estimate of drug-likeness (QED) is 0.435.